The predicted molar refractivity (Wildman–Crippen MR) is 115 cm³/mol. The number of carbonyl (C=O) groups excluding carboxylic acids is 2. The molecule has 0 aliphatic heterocycles. The number of carboxylic acids is 1. The summed E-state index contributed by atoms with van der Waals surface area (Å²) in [6.07, 6.45) is 0.434. The fraction of sp³-hybridized carbons (Fsp3) is 0.125. The second kappa shape index (κ2) is 8.99. The molecule has 2 aromatic carbocycles. The summed E-state index contributed by atoms with van der Waals surface area (Å²) in [6, 6.07) is 13.4. The van der Waals surface area contributed by atoms with E-state index >= 15 is 0 Å². The smallest absolute Gasteiger partial charge is 0.374 e. The number of aldehydes is 1. The van der Waals surface area contributed by atoms with Crippen molar-refractivity contribution in [2.45, 2.75) is 13.5 Å². The number of rotatable bonds is 8. The summed E-state index contributed by atoms with van der Waals surface area (Å²) >= 11 is 0. The van der Waals surface area contributed by atoms with Gasteiger partial charge in [0.2, 0.25) is 5.76 Å². The van der Waals surface area contributed by atoms with Crippen LogP contribution in [0.3, 0.4) is 0 Å². The van der Waals surface area contributed by atoms with Crippen LogP contribution < -0.4 is 4.74 Å². The molecule has 2 heterocycles. The van der Waals surface area contributed by atoms with Crippen molar-refractivity contribution in [1.82, 2.24) is 4.57 Å². The maximum Gasteiger partial charge on any atom is 0.374 e. The summed E-state index contributed by atoms with van der Waals surface area (Å²) < 4.78 is 31.1. The van der Waals surface area contributed by atoms with Gasteiger partial charge in [-0.1, -0.05) is 0 Å². The van der Waals surface area contributed by atoms with Gasteiger partial charge in [0.25, 0.3) is 0 Å². The standard InChI is InChI=1S/C24H18FNO7/c1-2-31-24(30)21-10-8-17(33-21)13-32-16-6-4-15(5-7-16)26-19-9-3-14(25)11-18(19)22(23(28)29)20(26)12-27/h3-12H,2,13H2,1H3,(H,28,29). The number of hydrogen-bond acceptors (Lipinski definition) is 6. The molecule has 0 fully saturated rings. The van der Waals surface area contributed by atoms with Crippen LogP contribution in [0.5, 0.6) is 5.75 Å². The minimum atomic E-state index is -1.33. The van der Waals surface area contributed by atoms with Crippen LogP contribution in [0, 0.1) is 5.82 Å². The molecule has 1 N–H and O–H groups in total. The first-order valence-corrected chi connectivity index (χ1v) is 9.94. The summed E-state index contributed by atoms with van der Waals surface area (Å²) in [4.78, 5) is 35.2. The number of ether oxygens (including phenoxy) is 2. The number of carboxylic acid groups (broad SMARTS) is 1. The quantitative estimate of drug-likeness (QED) is 0.307. The lowest BCUT2D eigenvalue weighted by atomic mass is 10.1. The van der Waals surface area contributed by atoms with Gasteiger partial charge < -0.3 is 23.6 Å². The SMILES string of the molecule is CCOC(=O)c1ccc(COc2ccc(-n3c(C=O)c(C(=O)O)c4cc(F)ccc43)cc2)o1. The number of nitrogens with zero attached hydrogens (tertiary/aromatic N) is 1. The van der Waals surface area contributed by atoms with E-state index in [1.807, 2.05) is 0 Å². The van der Waals surface area contributed by atoms with Crippen LogP contribution in [-0.4, -0.2) is 34.5 Å². The van der Waals surface area contributed by atoms with Gasteiger partial charge in [-0.2, -0.15) is 0 Å². The third-order valence-corrected chi connectivity index (χ3v) is 4.91. The summed E-state index contributed by atoms with van der Waals surface area (Å²) in [5.41, 5.74) is 0.511. The first kappa shape index (κ1) is 21.8. The molecule has 0 amide bonds. The Morgan fingerprint density at radius 1 is 1.12 bits per heavy atom. The number of aromatic nitrogens is 1. The van der Waals surface area contributed by atoms with E-state index in [0.717, 1.165) is 6.07 Å². The monoisotopic (exact) mass is 451 g/mol. The Balaban J connectivity index is 1.59. The van der Waals surface area contributed by atoms with Crippen molar-refractivity contribution in [3.05, 3.63) is 83.2 Å². The largest absolute Gasteiger partial charge is 0.486 e. The summed E-state index contributed by atoms with van der Waals surface area (Å²) in [6.45, 7) is 2.00. The van der Waals surface area contributed by atoms with E-state index in [9.17, 15) is 23.9 Å². The van der Waals surface area contributed by atoms with Crippen LogP contribution in [0.2, 0.25) is 0 Å². The van der Waals surface area contributed by atoms with Crippen LogP contribution >= 0.6 is 0 Å². The zero-order valence-electron chi connectivity index (χ0n) is 17.4. The number of benzene rings is 2. The summed E-state index contributed by atoms with van der Waals surface area (Å²) in [5, 5.41) is 9.71. The van der Waals surface area contributed by atoms with Crippen LogP contribution in [0.4, 0.5) is 4.39 Å². The van der Waals surface area contributed by atoms with E-state index in [1.165, 1.54) is 22.8 Å². The minimum Gasteiger partial charge on any atom is -0.486 e. The third kappa shape index (κ3) is 4.20. The van der Waals surface area contributed by atoms with E-state index in [-0.39, 0.29) is 35.6 Å². The molecule has 0 aliphatic carbocycles. The Morgan fingerprint density at radius 3 is 2.55 bits per heavy atom. The first-order valence-electron chi connectivity index (χ1n) is 9.94. The zero-order valence-corrected chi connectivity index (χ0v) is 17.4. The Labute approximate surface area is 186 Å². The summed E-state index contributed by atoms with van der Waals surface area (Å²) in [7, 11) is 0. The Kier molecular flexibility index (Phi) is 5.95. The number of hydrogen-bond donors (Lipinski definition) is 1. The summed E-state index contributed by atoms with van der Waals surface area (Å²) in [5.74, 6) is -1.51. The molecule has 9 heteroatoms. The maximum atomic E-state index is 13.7. The number of carbonyl (C=O) groups is 3. The van der Waals surface area contributed by atoms with Crippen molar-refractivity contribution in [3.8, 4) is 11.4 Å². The van der Waals surface area contributed by atoms with Gasteiger partial charge in [-0.3, -0.25) is 4.79 Å². The van der Waals surface area contributed by atoms with E-state index in [1.54, 1.807) is 37.3 Å². The van der Waals surface area contributed by atoms with Gasteiger partial charge in [-0.25, -0.2) is 14.0 Å². The molecular weight excluding hydrogens is 433 g/mol. The third-order valence-electron chi connectivity index (χ3n) is 4.91. The minimum absolute atomic E-state index is 0.0627. The molecule has 0 atom stereocenters. The molecule has 0 spiro atoms. The molecule has 4 rings (SSSR count). The van der Waals surface area contributed by atoms with Gasteiger partial charge in [0.15, 0.2) is 6.29 Å². The highest BCUT2D eigenvalue weighted by Gasteiger charge is 2.23. The van der Waals surface area contributed by atoms with Crippen LogP contribution in [0.25, 0.3) is 16.6 Å². The number of fused-ring (bicyclic) bond motifs is 1. The van der Waals surface area contributed by atoms with Crippen LogP contribution in [0.15, 0.2) is 59.0 Å². The van der Waals surface area contributed by atoms with Crippen LogP contribution in [0.1, 0.15) is 44.1 Å². The second-order valence-electron chi connectivity index (χ2n) is 6.95. The Bertz CT molecular complexity index is 1350. The van der Waals surface area contributed by atoms with Crippen molar-refractivity contribution >= 4 is 29.1 Å². The topological polar surface area (TPSA) is 108 Å². The highest BCUT2D eigenvalue weighted by molar-refractivity contribution is 6.10. The fourth-order valence-electron chi connectivity index (χ4n) is 3.51. The van der Waals surface area contributed by atoms with Crippen LogP contribution in [-0.2, 0) is 11.3 Å². The molecule has 2 aromatic heterocycles. The molecular formula is C24H18FNO7. The molecule has 33 heavy (non-hydrogen) atoms. The molecule has 0 aliphatic rings. The number of esters is 1. The van der Waals surface area contributed by atoms with E-state index in [0.29, 0.717) is 29.0 Å². The highest BCUT2D eigenvalue weighted by Crippen LogP contribution is 2.30. The molecule has 0 saturated heterocycles. The maximum absolute atomic E-state index is 13.7. The molecule has 4 aromatic rings. The number of furan rings is 1. The van der Waals surface area contributed by atoms with Crippen molar-refractivity contribution in [1.29, 1.82) is 0 Å². The molecule has 168 valence electrons. The van der Waals surface area contributed by atoms with E-state index < -0.39 is 17.8 Å². The van der Waals surface area contributed by atoms with Gasteiger partial charge in [0.1, 0.15) is 29.6 Å². The van der Waals surface area contributed by atoms with Gasteiger partial charge in [-0.15, -0.1) is 0 Å². The van der Waals surface area contributed by atoms with Crippen molar-refractivity contribution in [3.63, 3.8) is 0 Å². The molecule has 0 bridgehead atoms. The lowest BCUT2D eigenvalue weighted by Gasteiger charge is -2.10. The lowest BCUT2D eigenvalue weighted by Crippen LogP contribution is -2.05. The normalized spacial score (nSPS) is 10.8. The van der Waals surface area contributed by atoms with Crippen molar-refractivity contribution in [2.75, 3.05) is 6.61 Å². The average molecular weight is 451 g/mol. The van der Waals surface area contributed by atoms with Gasteiger partial charge in [0, 0.05) is 11.1 Å². The fourth-order valence-corrected chi connectivity index (χ4v) is 3.51. The molecule has 0 unspecified atom stereocenters. The lowest BCUT2D eigenvalue weighted by molar-refractivity contribution is 0.0485. The molecule has 0 saturated carbocycles. The molecule has 8 nitrogen and oxygen atoms in total. The van der Waals surface area contributed by atoms with E-state index in [4.69, 9.17) is 13.9 Å². The van der Waals surface area contributed by atoms with Crippen molar-refractivity contribution in [2.24, 2.45) is 0 Å². The predicted octanol–water partition coefficient (Wildman–Crippen LogP) is 4.63. The second-order valence-corrected chi connectivity index (χ2v) is 6.95. The zero-order chi connectivity index (χ0) is 23.5. The van der Waals surface area contributed by atoms with Crippen molar-refractivity contribution < 1.29 is 37.8 Å². The molecule has 0 radical (unpaired) electrons. The van der Waals surface area contributed by atoms with E-state index in [2.05, 4.69) is 0 Å². The first-order chi connectivity index (χ1) is 15.9. The Morgan fingerprint density at radius 2 is 1.88 bits per heavy atom. The average Bonchev–Trinajstić information content (AvgIpc) is 3.40. The highest BCUT2D eigenvalue weighted by atomic mass is 19.1. The van der Waals surface area contributed by atoms with Gasteiger partial charge in [0.05, 0.1) is 17.7 Å². The number of halogens is 1. The Hall–Kier alpha value is -4.40. The van der Waals surface area contributed by atoms with Gasteiger partial charge >= 0.3 is 11.9 Å². The van der Waals surface area contributed by atoms with Gasteiger partial charge in [-0.05, 0) is 61.5 Å². The number of aromatic carboxylic acids is 1.